The van der Waals surface area contributed by atoms with Gasteiger partial charge in [-0.15, -0.1) is 0 Å². The Labute approximate surface area is 300 Å². The highest BCUT2D eigenvalue weighted by molar-refractivity contribution is 5.92. The SMILES string of the molecule is COC(=O)NCCC(=O)N1CCC[C@H]1c1ncc(-c2ccc3cc(-c4ccc5nc([C@@H]6CCCN6C(=O)CCNC(=O)OC)[nH]c5c4)ccc3c2)[nH]1. The predicted molar refractivity (Wildman–Crippen MR) is 194 cm³/mol. The van der Waals surface area contributed by atoms with Crippen LogP contribution in [0.25, 0.3) is 44.2 Å². The molecule has 4 N–H and O–H groups in total. The Morgan fingerprint density at radius 3 is 1.92 bits per heavy atom. The number of H-pyrrole nitrogens is 2. The first-order valence-electron chi connectivity index (χ1n) is 17.6. The summed E-state index contributed by atoms with van der Waals surface area (Å²) in [6.45, 7) is 1.76. The number of nitrogens with one attached hydrogen (secondary N) is 4. The van der Waals surface area contributed by atoms with Crippen molar-refractivity contribution in [3.8, 4) is 22.4 Å². The minimum Gasteiger partial charge on any atom is -0.453 e. The Morgan fingerprint density at radius 2 is 1.29 bits per heavy atom. The highest BCUT2D eigenvalue weighted by atomic mass is 16.5. The number of nitrogens with zero attached hydrogens (tertiary/aromatic N) is 4. The maximum absolute atomic E-state index is 13.0. The maximum atomic E-state index is 13.0. The van der Waals surface area contributed by atoms with Crippen LogP contribution in [0.4, 0.5) is 9.59 Å². The molecule has 14 nitrogen and oxygen atoms in total. The molecule has 0 radical (unpaired) electrons. The molecule has 270 valence electrons. The monoisotopic (exact) mass is 706 g/mol. The van der Waals surface area contributed by atoms with Crippen molar-refractivity contribution in [2.24, 2.45) is 0 Å². The number of carbonyl (C=O) groups is 4. The van der Waals surface area contributed by atoms with Crippen molar-refractivity contribution in [2.75, 3.05) is 40.4 Å². The molecule has 4 amide bonds. The van der Waals surface area contributed by atoms with E-state index in [0.29, 0.717) is 13.1 Å². The second-order valence-electron chi connectivity index (χ2n) is 13.1. The second-order valence-corrected chi connectivity index (χ2v) is 13.1. The van der Waals surface area contributed by atoms with E-state index >= 15 is 0 Å². The first-order valence-corrected chi connectivity index (χ1v) is 17.6. The first-order chi connectivity index (χ1) is 25.3. The third-order valence-electron chi connectivity index (χ3n) is 9.95. The zero-order valence-corrected chi connectivity index (χ0v) is 29.2. The number of imidazole rings is 2. The van der Waals surface area contributed by atoms with E-state index in [1.54, 1.807) is 0 Å². The van der Waals surface area contributed by atoms with Crippen molar-refractivity contribution in [1.82, 2.24) is 40.4 Å². The van der Waals surface area contributed by atoms with Gasteiger partial charge in [-0.2, -0.15) is 0 Å². The number of rotatable bonds is 10. The molecule has 7 rings (SSSR count). The van der Waals surface area contributed by atoms with Gasteiger partial charge in [0.2, 0.25) is 11.8 Å². The van der Waals surface area contributed by atoms with E-state index in [2.05, 4.69) is 83.6 Å². The van der Waals surface area contributed by atoms with Crippen LogP contribution in [0.15, 0.2) is 60.8 Å². The molecule has 0 bridgehead atoms. The van der Waals surface area contributed by atoms with Crippen LogP contribution in [-0.2, 0) is 19.1 Å². The van der Waals surface area contributed by atoms with Crippen LogP contribution in [0.2, 0.25) is 0 Å². The van der Waals surface area contributed by atoms with Crippen LogP contribution in [0.5, 0.6) is 0 Å². The van der Waals surface area contributed by atoms with Crippen molar-refractivity contribution in [3.63, 3.8) is 0 Å². The van der Waals surface area contributed by atoms with Crippen LogP contribution in [-0.4, -0.2) is 94.1 Å². The lowest BCUT2D eigenvalue weighted by atomic mass is 9.99. The largest absolute Gasteiger partial charge is 0.453 e. The molecular weight excluding hydrogens is 664 g/mol. The third-order valence-corrected chi connectivity index (χ3v) is 9.95. The summed E-state index contributed by atoms with van der Waals surface area (Å²) >= 11 is 0. The summed E-state index contributed by atoms with van der Waals surface area (Å²) in [5.74, 6) is 1.48. The van der Waals surface area contributed by atoms with Crippen LogP contribution < -0.4 is 10.6 Å². The van der Waals surface area contributed by atoms with Crippen molar-refractivity contribution in [2.45, 2.75) is 50.6 Å². The van der Waals surface area contributed by atoms with Crippen LogP contribution in [0, 0.1) is 0 Å². The molecule has 0 aliphatic carbocycles. The Bertz CT molecular complexity index is 2120. The molecule has 14 heteroatoms. The van der Waals surface area contributed by atoms with Crippen LogP contribution in [0.3, 0.4) is 0 Å². The maximum Gasteiger partial charge on any atom is 0.406 e. The molecule has 2 saturated heterocycles. The normalized spacial score (nSPS) is 17.1. The van der Waals surface area contributed by atoms with Gasteiger partial charge in [0.05, 0.1) is 49.2 Å². The lowest BCUT2D eigenvalue weighted by Crippen LogP contribution is -2.34. The van der Waals surface area contributed by atoms with Gasteiger partial charge in [0.1, 0.15) is 11.6 Å². The summed E-state index contributed by atoms with van der Waals surface area (Å²) < 4.78 is 9.18. The highest BCUT2D eigenvalue weighted by Crippen LogP contribution is 2.35. The number of aromatic amines is 2. The van der Waals surface area contributed by atoms with Gasteiger partial charge >= 0.3 is 12.2 Å². The molecule has 2 fully saturated rings. The second kappa shape index (κ2) is 15.1. The molecule has 2 aliphatic heterocycles. The van der Waals surface area contributed by atoms with Gasteiger partial charge < -0.3 is 39.9 Å². The summed E-state index contributed by atoms with van der Waals surface area (Å²) in [7, 11) is 2.59. The van der Waals surface area contributed by atoms with Crippen molar-refractivity contribution < 1.29 is 28.7 Å². The molecule has 5 aromatic rings. The molecule has 52 heavy (non-hydrogen) atoms. The lowest BCUT2D eigenvalue weighted by molar-refractivity contribution is -0.132. The fourth-order valence-corrected chi connectivity index (χ4v) is 7.29. The van der Waals surface area contributed by atoms with Crippen LogP contribution >= 0.6 is 0 Å². The molecule has 4 heterocycles. The average Bonchev–Trinajstić information content (AvgIpc) is 3.99. The summed E-state index contributed by atoms with van der Waals surface area (Å²) in [5.41, 5.74) is 5.76. The number of ether oxygens (including phenoxy) is 2. The minimum absolute atomic E-state index is 0.0252. The fourth-order valence-electron chi connectivity index (χ4n) is 7.29. The number of fused-ring (bicyclic) bond motifs is 2. The van der Waals surface area contributed by atoms with Gasteiger partial charge in [-0.05, 0) is 71.8 Å². The number of carbonyl (C=O) groups excluding carboxylic acids is 4. The Balaban J connectivity index is 1.03. The standard InChI is InChI=1S/C38H42N8O6/c1-51-37(49)39-15-13-33(47)45-17-3-5-31(45)35-41-22-30(44-35)27-10-9-23-19-24(7-8-25(23)20-27)26-11-12-28-29(21-26)43-36(42-28)32-6-4-18-46(32)34(48)14-16-40-38(50)52-2/h7-12,19-22,31-32H,3-6,13-18H2,1-2H3,(H,39,49)(H,40,50)(H,41,44)(H,42,43)/t31-,32-/m0/s1. The number of benzene rings is 3. The van der Waals surface area contributed by atoms with Gasteiger partial charge in [0.15, 0.2) is 0 Å². The molecule has 0 spiro atoms. The molecule has 2 aromatic heterocycles. The third kappa shape index (κ3) is 7.27. The number of methoxy groups -OCH3 is 2. The summed E-state index contributed by atoms with van der Waals surface area (Å²) in [5, 5.41) is 7.32. The summed E-state index contributed by atoms with van der Waals surface area (Å²) in [6, 6.07) is 18.6. The van der Waals surface area contributed by atoms with Gasteiger partial charge in [0.25, 0.3) is 0 Å². The smallest absolute Gasteiger partial charge is 0.406 e. The number of hydrogen-bond donors (Lipinski definition) is 4. The zero-order chi connectivity index (χ0) is 36.2. The number of hydrogen-bond acceptors (Lipinski definition) is 8. The van der Waals surface area contributed by atoms with Crippen molar-refractivity contribution in [1.29, 1.82) is 0 Å². The summed E-state index contributed by atoms with van der Waals surface area (Å²) in [6.07, 6.45) is 4.55. The molecule has 0 unspecified atom stereocenters. The number of alkyl carbamates (subject to hydrolysis) is 2. The van der Waals surface area contributed by atoms with Crippen LogP contribution in [0.1, 0.15) is 62.3 Å². The van der Waals surface area contributed by atoms with E-state index in [1.165, 1.54) is 14.2 Å². The molecule has 2 aliphatic rings. The van der Waals surface area contributed by atoms with E-state index < -0.39 is 12.2 Å². The van der Waals surface area contributed by atoms with Gasteiger partial charge in [-0.25, -0.2) is 19.6 Å². The molecular formula is C38H42N8O6. The van der Waals surface area contributed by atoms with E-state index in [4.69, 9.17) is 4.98 Å². The van der Waals surface area contributed by atoms with Gasteiger partial charge in [-0.3, -0.25) is 9.59 Å². The highest BCUT2D eigenvalue weighted by Gasteiger charge is 2.33. The average molecular weight is 707 g/mol. The fraction of sp³-hybridized carbons (Fsp3) is 0.368. The van der Waals surface area contributed by atoms with Crippen molar-refractivity contribution in [3.05, 3.63) is 72.4 Å². The Hall–Kier alpha value is -5.92. The number of likely N-dealkylation sites (tertiary alicyclic amines) is 2. The predicted octanol–water partition coefficient (Wildman–Crippen LogP) is 5.59. The van der Waals surface area contributed by atoms with E-state index in [-0.39, 0.29) is 49.8 Å². The van der Waals surface area contributed by atoms with Gasteiger partial charge in [-0.1, -0.05) is 30.3 Å². The van der Waals surface area contributed by atoms with E-state index in [1.807, 2.05) is 22.1 Å². The lowest BCUT2D eigenvalue weighted by Gasteiger charge is -2.23. The van der Waals surface area contributed by atoms with E-state index in [9.17, 15) is 19.2 Å². The Kier molecular flexibility index (Phi) is 10.0. The molecule has 2 atom stereocenters. The van der Waals surface area contributed by atoms with E-state index in [0.717, 1.165) is 81.5 Å². The van der Waals surface area contributed by atoms with Crippen molar-refractivity contribution >= 4 is 45.8 Å². The van der Waals surface area contributed by atoms with Gasteiger partial charge in [0, 0.05) is 44.6 Å². The Morgan fingerprint density at radius 1 is 0.731 bits per heavy atom. The molecule has 3 aromatic carbocycles. The minimum atomic E-state index is -0.550. The number of amides is 4. The number of aromatic nitrogens is 4. The quantitative estimate of drug-likeness (QED) is 0.145. The first kappa shape index (κ1) is 34.5. The molecule has 0 saturated carbocycles. The summed E-state index contributed by atoms with van der Waals surface area (Å²) in [4.78, 5) is 68.7. The zero-order valence-electron chi connectivity index (χ0n) is 29.2. The topological polar surface area (TPSA) is 175 Å².